The number of ketones is 1. The highest BCUT2D eigenvalue weighted by Crippen LogP contribution is 2.28. The first-order valence-electron chi connectivity index (χ1n) is 11.4. The molecular formula is C28H21N5O2. The van der Waals surface area contributed by atoms with Crippen LogP contribution in [0.25, 0.3) is 11.0 Å². The van der Waals surface area contributed by atoms with Crippen LogP contribution in [-0.2, 0) is 4.74 Å². The number of rotatable bonds is 6. The van der Waals surface area contributed by atoms with Crippen molar-refractivity contribution in [3.8, 4) is 0 Å². The Morgan fingerprint density at radius 1 is 0.886 bits per heavy atom. The molecule has 5 aromatic rings. The van der Waals surface area contributed by atoms with E-state index in [1.807, 2.05) is 71.4 Å². The maximum atomic E-state index is 13.6. The van der Waals surface area contributed by atoms with E-state index in [1.165, 1.54) is 6.33 Å². The van der Waals surface area contributed by atoms with Gasteiger partial charge in [-0.1, -0.05) is 60.7 Å². The van der Waals surface area contributed by atoms with Crippen LogP contribution in [0.3, 0.4) is 0 Å². The molecule has 170 valence electrons. The van der Waals surface area contributed by atoms with Gasteiger partial charge in [0.25, 0.3) is 0 Å². The molecule has 1 fully saturated rings. The first-order chi connectivity index (χ1) is 17.3. The third-order valence-electron chi connectivity index (χ3n) is 6.07. The quantitative estimate of drug-likeness (QED) is 0.269. The van der Waals surface area contributed by atoms with Gasteiger partial charge in [0.15, 0.2) is 5.78 Å². The summed E-state index contributed by atoms with van der Waals surface area (Å²) < 4.78 is 7.35. The molecule has 0 amide bonds. The number of benzene rings is 2. The third kappa shape index (κ3) is 4.02. The normalized spacial score (nSPS) is 13.4. The average Bonchev–Trinajstić information content (AvgIpc) is 3.26. The molecule has 0 N–H and O–H groups in total. The Labute approximate surface area is 201 Å². The van der Waals surface area contributed by atoms with Crippen molar-refractivity contribution in [1.29, 1.82) is 0 Å². The smallest absolute Gasteiger partial charge is 0.196 e. The van der Waals surface area contributed by atoms with Crippen LogP contribution in [0, 0.1) is 0 Å². The number of aromatic nitrogens is 4. The lowest BCUT2D eigenvalue weighted by Crippen LogP contribution is -2.30. The summed E-state index contributed by atoms with van der Waals surface area (Å²) in [6, 6.07) is 21.9. The van der Waals surface area contributed by atoms with Crippen LogP contribution in [0.5, 0.6) is 0 Å². The van der Waals surface area contributed by atoms with Crippen LogP contribution in [0.4, 0.5) is 5.69 Å². The van der Waals surface area contributed by atoms with Crippen molar-refractivity contribution in [1.82, 2.24) is 19.5 Å². The van der Waals surface area contributed by atoms with Crippen LogP contribution in [0.1, 0.15) is 33.1 Å². The van der Waals surface area contributed by atoms with Crippen molar-refractivity contribution in [2.75, 3.05) is 13.2 Å². The van der Waals surface area contributed by atoms with Crippen molar-refractivity contribution in [2.24, 2.45) is 4.99 Å². The predicted octanol–water partition coefficient (Wildman–Crippen LogP) is 4.80. The van der Waals surface area contributed by atoms with E-state index in [-0.39, 0.29) is 11.8 Å². The second-order valence-corrected chi connectivity index (χ2v) is 8.35. The standard InChI is InChI=1S/C28H21N5O2/c34-27(25-15-33(23-16-35-17-23)28-24(25)14-30-18-31-28)21-11-22(13-29-12-21)32-26(19-7-3-1-4-8-19)20-9-5-2-6-10-20/h1-15,18,23H,16-17H2. The fourth-order valence-corrected chi connectivity index (χ4v) is 4.22. The van der Waals surface area contributed by atoms with Gasteiger partial charge < -0.3 is 9.30 Å². The Morgan fingerprint density at radius 3 is 2.26 bits per heavy atom. The van der Waals surface area contributed by atoms with Crippen molar-refractivity contribution < 1.29 is 9.53 Å². The molecule has 4 heterocycles. The summed E-state index contributed by atoms with van der Waals surface area (Å²) in [5, 5.41) is 0.715. The van der Waals surface area contributed by atoms with E-state index in [2.05, 4.69) is 15.0 Å². The summed E-state index contributed by atoms with van der Waals surface area (Å²) in [5.41, 5.74) is 5.12. The Bertz CT molecular complexity index is 1500. The zero-order valence-electron chi connectivity index (χ0n) is 18.8. The van der Waals surface area contributed by atoms with Crippen LogP contribution >= 0.6 is 0 Å². The van der Waals surface area contributed by atoms with Gasteiger partial charge >= 0.3 is 0 Å². The van der Waals surface area contributed by atoms with Gasteiger partial charge in [-0.3, -0.25) is 9.78 Å². The lowest BCUT2D eigenvalue weighted by Gasteiger charge is -2.27. The van der Waals surface area contributed by atoms with E-state index in [9.17, 15) is 4.79 Å². The van der Waals surface area contributed by atoms with Gasteiger partial charge in [-0.25, -0.2) is 15.0 Å². The molecule has 0 unspecified atom stereocenters. The maximum absolute atomic E-state index is 13.6. The number of carbonyl (C=O) groups excluding carboxylic acids is 1. The van der Waals surface area contributed by atoms with Gasteiger partial charge in [-0.15, -0.1) is 0 Å². The minimum atomic E-state index is -0.144. The Balaban J connectivity index is 1.41. The Kier molecular flexibility index (Phi) is 5.44. The van der Waals surface area contributed by atoms with E-state index < -0.39 is 0 Å². The molecule has 0 saturated carbocycles. The van der Waals surface area contributed by atoms with Gasteiger partial charge in [-0.2, -0.15) is 0 Å². The molecule has 1 aliphatic rings. The Morgan fingerprint density at radius 2 is 1.60 bits per heavy atom. The van der Waals surface area contributed by atoms with Crippen molar-refractivity contribution >= 4 is 28.2 Å². The summed E-state index contributed by atoms with van der Waals surface area (Å²) in [4.78, 5) is 31.4. The molecule has 0 spiro atoms. The SMILES string of the molecule is O=C(c1cncc(N=C(c2ccccc2)c2ccccc2)c1)c1cn(C2COC2)c2ncncc12. The number of nitrogens with zero attached hydrogens (tertiary/aromatic N) is 5. The first kappa shape index (κ1) is 21.1. The van der Waals surface area contributed by atoms with Crippen molar-refractivity contribution in [3.63, 3.8) is 0 Å². The predicted molar refractivity (Wildman–Crippen MR) is 133 cm³/mol. The van der Waals surface area contributed by atoms with Crippen LogP contribution in [0.2, 0.25) is 0 Å². The fourth-order valence-electron chi connectivity index (χ4n) is 4.22. The average molecular weight is 460 g/mol. The highest BCUT2D eigenvalue weighted by Gasteiger charge is 2.26. The van der Waals surface area contributed by atoms with E-state index >= 15 is 0 Å². The fraction of sp³-hybridized carbons (Fsp3) is 0.107. The van der Waals surface area contributed by atoms with Crippen LogP contribution in [0.15, 0.2) is 103 Å². The number of hydrogen-bond donors (Lipinski definition) is 0. The Hall–Kier alpha value is -4.49. The summed E-state index contributed by atoms with van der Waals surface area (Å²) in [6.45, 7) is 1.21. The monoisotopic (exact) mass is 459 g/mol. The highest BCUT2D eigenvalue weighted by atomic mass is 16.5. The van der Waals surface area contributed by atoms with E-state index in [4.69, 9.17) is 9.73 Å². The molecule has 0 bridgehead atoms. The largest absolute Gasteiger partial charge is 0.377 e. The van der Waals surface area contributed by atoms with Crippen molar-refractivity contribution in [3.05, 3.63) is 120 Å². The van der Waals surface area contributed by atoms with Gasteiger partial charge in [0.1, 0.15) is 12.0 Å². The molecule has 1 aliphatic heterocycles. The molecule has 1 saturated heterocycles. The van der Waals surface area contributed by atoms with E-state index in [0.29, 0.717) is 35.4 Å². The zero-order valence-corrected chi connectivity index (χ0v) is 18.8. The number of carbonyl (C=O) groups is 1. The number of hydrogen-bond acceptors (Lipinski definition) is 6. The van der Waals surface area contributed by atoms with Gasteiger partial charge in [0, 0.05) is 40.7 Å². The number of fused-ring (bicyclic) bond motifs is 1. The van der Waals surface area contributed by atoms with E-state index in [1.54, 1.807) is 24.7 Å². The third-order valence-corrected chi connectivity index (χ3v) is 6.07. The summed E-state index contributed by atoms with van der Waals surface area (Å²) in [5.74, 6) is -0.144. The van der Waals surface area contributed by atoms with Crippen molar-refractivity contribution in [2.45, 2.75) is 6.04 Å². The maximum Gasteiger partial charge on any atom is 0.196 e. The topological polar surface area (TPSA) is 82.3 Å². The molecule has 6 rings (SSSR count). The number of pyridine rings is 1. The van der Waals surface area contributed by atoms with E-state index in [0.717, 1.165) is 22.5 Å². The van der Waals surface area contributed by atoms with Crippen LogP contribution < -0.4 is 0 Å². The molecular weight excluding hydrogens is 438 g/mol. The molecule has 3 aromatic heterocycles. The number of aliphatic imine (C=N–C) groups is 1. The summed E-state index contributed by atoms with van der Waals surface area (Å²) in [7, 11) is 0. The second-order valence-electron chi connectivity index (χ2n) is 8.35. The lowest BCUT2D eigenvalue weighted by atomic mass is 10.0. The zero-order chi connectivity index (χ0) is 23.6. The summed E-state index contributed by atoms with van der Waals surface area (Å²) in [6.07, 6.45) is 8.28. The molecule has 7 nitrogen and oxygen atoms in total. The summed E-state index contributed by atoms with van der Waals surface area (Å²) >= 11 is 0. The molecule has 35 heavy (non-hydrogen) atoms. The minimum Gasteiger partial charge on any atom is -0.377 e. The molecule has 7 heteroatoms. The van der Waals surface area contributed by atoms with Gasteiger partial charge in [0.05, 0.1) is 42.4 Å². The highest BCUT2D eigenvalue weighted by molar-refractivity contribution is 6.17. The first-order valence-corrected chi connectivity index (χ1v) is 11.4. The van der Waals surface area contributed by atoms with Crippen LogP contribution in [-0.4, -0.2) is 44.2 Å². The molecule has 0 atom stereocenters. The second kappa shape index (κ2) is 9.04. The number of ether oxygens (including phenoxy) is 1. The molecule has 0 aliphatic carbocycles. The lowest BCUT2D eigenvalue weighted by molar-refractivity contribution is -0.0216. The van der Waals surface area contributed by atoms with Gasteiger partial charge in [0.2, 0.25) is 0 Å². The molecule has 0 radical (unpaired) electrons. The van der Waals surface area contributed by atoms with Gasteiger partial charge in [-0.05, 0) is 6.07 Å². The molecule has 2 aromatic carbocycles. The minimum absolute atomic E-state index is 0.144.